The lowest BCUT2D eigenvalue weighted by molar-refractivity contribution is 0.0954. The van der Waals surface area contributed by atoms with Gasteiger partial charge >= 0.3 is 0 Å². The van der Waals surface area contributed by atoms with E-state index in [1.807, 2.05) is 35.0 Å². The van der Waals surface area contributed by atoms with Crippen molar-refractivity contribution in [1.82, 2.24) is 14.7 Å². The molecule has 0 atom stereocenters. The van der Waals surface area contributed by atoms with Crippen molar-refractivity contribution in [2.75, 3.05) is 6.54 Å². The Morgan fingerprint density at radius 2 is 2.14 bits per heavy atom. The Labute approximate surface area is 127 Å². The number of nitrogens with one attached hydrogen (secondary N) is 1. The number of carbonyl (C=O) groups excluding carboxylic acids is 1. The van der Waals surface area contributed by atoms with Crippen molar-refractivity contribution in [3.8, 4) is 0 Å². The standard InChI is InChI=1S/C16H14ClN3O/c17-13-5-3-4-12(10-13)16(21)18-8-7-15-19-11-14-6-1-2-9-20(14)15/h1-6,9-11H,7-8H2,(H,18,21). The minimum atomic E-state index is -0.127. The summed E-state index contributed by atoms with van der Waals surface area (Å²) >= 11 is 5.88. The van der Waals surface area contributed by atoms with Gasteiger partial charge in [0.15, 0.2) is 0 Å². The maximum absolute atomic E-state index is 12.0. The molecule has 0 aliphatic rings. The Balaban J connectivity index is 1.62. The van der Waals surface area contributed by atoms with E-state index in [-0.39, 0.29) is 5.91 Å². The van der Waals surface area contributed by atoms with E-state index in [1.165, 1.54) is 0 Å². The molecule has 5 heteroatoms. The highest BCUT2D eigenvalue weighted by molar-refractivity contribution is 6.30. The van der Waals surface area contributed by atoms with Crippen molar-refractivity contribution in [3.63, 3.8) is 0 Å². The summed E-state index contributed by atoms with van der Waals surface area (Å²) in [6.07, 6.45) is 4.47. The molecule has 1 aromatic carbocycles. The van der Waals surface area contributed by atoms with Gasteiger partial charge in [0.25, 0.3) is 5.91 Å². The number of imidazole rings is 1. The Morgan fingerprint density at radius 1 is 1.24 bits per heavy atom. The van der Waals surface area contributed by atoms with Gasteiger partial charge in [0.1, 0.15) is 5.82 Å². The van der Waals surface area contributed by atoms with Gasteiger partial charge in [-0.05, 0) is 30.3 Å². The monoisotopic (exact) mass is 299 g/mol. The average molecular weight is 300 g/mol. The minimum absolute atomic E-state index is 0.127. The van der Waals surface area contributed by atoms with Gasteiger partial charge in [-0.1, -0.05) is 23.7 Å². The summed E-state index contributed by atoms with van der Waals surface area (Å²) in [5.41, 5.74) is 1.61. The van der Waals surface area contributed by atoms with Crippen molar-refractivity contribution in [2.24, 2.45) is 0 Å². The fourth-order valence-electron chi connectivity index (χ4n) is 2.20. The molecule has 4 nitrogen and oxygen atoms in total. The Morgan fingerprint density at radius 3 is 3.00 bits per heavy atom. The first kappa shape index (κ1) is 13.6. The second kappa shape index (κ2) is 5.97. The van der Waals surface area contributed by atoms with E-state index in [4.69, 9.17) is 11.6 Å². The molecular weight excluding hydrogens is 286 g/mol. The first-order valence-electron chi connectivity index (χ1n) is 6.69. The molecule has 0 unspecified atom stereocenters. The highest BCUT2D eigenvalue weighted by Crippen LogP contribution is 2.10. The number of nitrogens with zero attached hydrogens (tertiary/aromatic N) is 2. The van der Waals surface area contributed by atoms with Crippen molar-refractivity contribution in [1.29, 1.82) is 0 Å². The van der Waals surface area contributed by atoms with Gasteiger partial charge in [-0.3, -0.25) is 4.79 Å². The molecule has 0 aliphatic carbocycles. The minimum Gasteiger partial charge on any atom is -0.352 e. The first-order valence-corrected chi connectivity index (χ1v) is 7.06. The molecule has 21 heavy (non-hydrogen) atoms. The summed E-state index contributed by atoms with van der Waals surface area (Å²) in [4.78, 5) is 16.4. The average Bonchev–Trinajstić information content (AvgIpc) is 2.91. The van der Waals surface area contributed by atoms with E-state index in [0.717, 1.165) is 11.3 Å². The van der Waals surface area contributed by atoms with Crippen molar-refractivity contribution >= 4 is 23.0 Å². The number of benzene rings is 1. The number of aromatic nitrogens is 2. The fraction of sp³-hybridized carbons (Fsp3) is 0.125. The first-order chi connectivity index (χ1) is 10.2. The highest BCUT2D eigenvalue weighted by Gasteiger charge is 2.07. The predicted octanol–water partition coefficient (Wildman–Crippen LogP) is 2.96. The number of halogens is 1. The fourth-order valence-corrected chi connectivity index (χ4v) is 2.39. The van der Waals surface area contributed by atoms with E-state index >= 15 is 0 Å². The van der Waals surface area contributed by atoms with Gasteiger partial charge < -0.3 is 9.72 Å². The van der Waals surface area contributed by atoms with E-state index in [2.05, 4.69) is 10.3 Å². The molecule has 0 saturated heterocycles. The van der Waals surface area contributed by atoms with Crippen LogP contribution < -0.4 is 5.32 Å². The summed E-state index contributed by atoms with van der Waals surface area (Å²) in [5.74, 6) is 0.801. The molecule has 2 heterocycles. The Kier molecular flexibility index (Phi) is 3.88. The van der Waals surface area contributed by atoms with Crippen molar-refractivity contribution < 1.29 is 4.79 Å². The van der Waals surface area contributed by atoms with Gasteiger partial charge in [-0.25, -0.2) is 4.98 Å². The van der Waals surface area contributed by atoms with E-state index in [0.29, 0.717) is 23.6 Å². The summed E-state index contributed by atoms with van der Waals surface area (Å²) in [6.45, 7) is 0.527. The number of pyridine rings is 1. The number of hydrogen-bond acceptors (Lipinski definition) is 2. The Hall–Kier alpha value is -2.33. The van der Waals surface area contributed by atoms with Crippen LogP contribution in [0.25, 0.3) is 5.52 Å². The molecule has 2 aromatic heterocycles. The SMILES string of the molecule is O=C(NCCc1ncc2ccccn12)c1cccc(Cl)c1. The zero-order chi connectivity index (χ0) is 14.7. The number of hydrogen-bond donors (Lipinski definition) is 1. The van der Waals surface area contributed by atoms with Crippen molar-refractivity contribution in [2.45, 2.75) is 6.42 Å². The molecule has 3 aromatic rings. The number of carbonyl (C=O) groups is 1. The third kappa shape index (κ3) is 3.06. The lowest BCUT2D eigenvalue weighted by atomic mass is 10.2. The molecule has 1 N–H and O–H groups in total. The topological polar surface area (TPSA) is 46.4 Å². The summed E-state index contributed by atoms with van der Waals surface area (Å²) in [7, 11) is 0. The molecule has 0 fully saturated rings. The van der Waals surface area contributed by atoms with Crippen molar-refractivity contribution in [3.05, 3.63) is 71.3 Å². The second-order valence-corrected chi connectivity index (χ2v) is 5.12. The lowest BCUT2D eigenvalue weighted by Gasteiger charge is -2.05. The van der Waals surface area contributed by atoms with E-state index in [1.54, 1.807) is 24.3 Å². The van der Waals surface area contributed by atoms with Crippen LogP contribution >= 0.6 is 11.6 Å². The third-order valence-electron chi connectivity index (χ3n) is 3.24. The quantitative estimate of drug-likeness (QED) is 0.805. The largest absolute Gasteiger partial charge is 0.352 e. The molecule has 0 aliphatic heterocycles. The van der Waals surface area contributed by atoms with Crippen LogP contribution in [-0.4, -0.2) is 21.8 Å². The van der Waals surface area contributed by atoms with Crippen LogP contribution in [0.3, 0.4) is 0 Å². The zero-order valence-electron chi connectivity index (χ0n) is 11.3. The van der Waals surface area contributed by atoms with Gasteiger partial charge in [0, 0.05) is 29.7 Å². The molecule has 0 bridgehead atoms. The number of fused-ring (bicyclic) bond motifs is 1. The highest BCUT2D eigenvalue weighted by atomic mass is 35.5. The third-order valence-corrected chi connectivity index (χ3v) is 3.47. The van der Waals surface area contributed by atoms with Crippen LogP contribution in [0.2, 0.25) is 5.02 Å². The van der Waals surface area contributed by atoms with E-state index < -0.39 is 0 Å². The van der Waals surface area contributed by atoms with Crippen LogP contribution in [0.4, 0.5) is 0 Å². The molecular formula is C16H14ClN3O. The predicted molar refractivity (Wildman–Crippen MR) is 82.7 cm³/mol. The second-order valence-electron chi connectivity index (χ2n) is 4.69. The molecule has 106 valence electrons. The Bertz CT molecular complexity index is 782. The van der Waals surface area contributed by atoms with Crippen LogP contribution in [0.5, 0.6) is 0 Å². The molecule has 1 amide bonds. The van der Waals surface area contributed by atoms with Gasteiger partial charge in [0.2, 0.25) is 0 Å². The molecule has 3 rings (SSSR count). The number of amides is 1. The molecule has 0 spiro atoms. The van der Waals surface area contributed by atoms with Crippen LogP contribution in [0, 0.1) is 0 Å². The molecule has 0 radical (unpaired) electrons. The van der Waals surface area contributed by atoms with Crippen LogP contribution in [0.1, 0.15) is 16.2 Å². The summed E-state index contributed by atoms with van der Waals surface area (Å²) < 4.78 is 2.02. The van der Waals surface area contributed by atoms with Crippen LogP contribution in [-0.2, 0) is 6.42 Å². The van der Waals surface area contributed by atoms with Gasteiger partial charge in [0.05, 0.1) is 11.7 Å². The summed E-state index contributed by atoms with van der Waals surface area (Å²) in [6, 6.07) is 12.8. The zero-order valence-corrected chi connectivity index (χ0v) is 12.0. The maximum atomic E-state index is 12.0. The van der Waals surface area contributed by atoms with Gasteiger partial charge in [-0.15, -0.1) is 0 Å². The normalized spacial score (nSPS) is 10.7. The van der Waals surface area contributed by atoms with Gasteiger partial charge in [-0.2, -0.15) is 0 Å². The lowest BCUT2D eigenvalue weighted by Crippen LogP contribution is -2.26. The number of rotatable bonds is 4. The summed E-state index contributed by atoms with van der Waals surface area (Å²) in [5, 5.41) is 3.44. The molecule has 0 saturated carbocycles. The van der Waals surface area contributed by atoms with E-state index in [9.17, 15) is 4.79 Å². The smallest absolute Gasteiger partial charge is 0.251 e. The van der Waals surface area contributed by atoms with Crippen LogP contribution in [0.15, 0.2) is 54.9 Å². The maximum Gasteiger partial charge on any atom is 0.251 e.